The highest BCUT2D eigenvalue weighted by Gasteiger charge is 2.37. The third-order valence-electron chi connectivity index (χ3n) is 4.77. The monoisotopic (exact) mass is 344 g/mol. The van der Waals surface area contributed by atoms with Gasteiger partial charge in [0.25, 0.3) is 0 Å². The number of allylic oxidation sites excluding steroid dienone is 4. The minimum absolute atomic E-state index is 0.0903. The molecule has 0 unspecified atom stereocenters. The minimum atomic E-state index is -0.952. The largest absolute Gasteiger partial charge is 0.512 e. The number of hydrogen-bond acceptors (Lipinski definition) is 6. The number of aromatic hydroxyl groups is 2. The van der Waals surface area contributed by atoms with E-state index >= 15 is 0 Å². The second kappa shape index (κ2) is 6.63. The van der Waals surface area contributed by atoms with Gasteiger partial charge in [0.1, 0.15) is 0 Å². The van der Waals surface area contributed by atoms with Crippen molar-refractivity contribution >= 4 is 11.6 Å². The molecule has 25 heavy (non-hydrogen) atoms. The van der Waals surface area contributed by atoms with Crippen LogP contribution in [0.3, 0.4) is 0 Å². The van der Waals surface area contributed by atoms with Crippen LogP contribution in [0.4, 0.5) is 0 Å². The third-order valence-corrected chi connectivity index (χ3v) is 4.77. The standard InChI is InChI=1S/C19H20O6/c20-11-8-7-10(9-16(11)25)17(18-12(21)3-1-4-13(18)22)19-14(23)5-2-6-15(19)24/h7-9,17,20-21,23,25H,1-6H2. The minimum Gasteiger partial charge on any atom is -0.512 e. The van der Waals surface area contributed by atoms with E-state index in [9.17, 15) is 30.0 Å². The van der Waals surface area contributed by atoms with Crippen LogP contribution in [0.25, 0.3) is 0 Å². The summed E-state index contributed by atoms with van der Waals surface area (Å²) in [6.07, 6.45) is 2.21. The van der Waals surface area contributed by atoms with Gasteiger partial charge in [0.15, 0.2) is 23.1 Å². The smallest absolute Gasteiger partial charge is 0.163 e. The topological polar surface area (TPSA) is 115 Å². The number of rotatable bonds is 3. The first-order chi connectivity index (χ1) is 11.9. The van der Waals surface area contributed by atoms with Crippen molar-refractivity contribution in [2.24, 2.45) is 0 Å². The van der Waals surface area contributed by atoms with Crippen LogP contribution in [0.5, 0.6) is 11.5 Å². The predicted octanol–water partition coefficient (Wildman–Crippen LogP) is 3.31. The van der Waals surface area contributed by atoms with Gasteiger partial charge in [-0.15, -0.1) is 0 Å². The van der Waals surface area contributed by atoms with Crippen LogP contribution in [0.15, 0.2) is 40.9 Å². The summed E-state index contributed by atoms with van der Waals surface area (Å²) in [5, 5.41) is 40.0. The molecular weight excluding hydrogens is 324 g/mol. The summed E-state index contributed by atoms with van der Waals surface area (Å²) in [5.74, 6) is -2.41. The Kier molecular flexibility index (Phi) is 4.53. The lowest BCUT2D eigenvalue weighted by atomic mass is 9.74. The quantitative estimate of drug-likeness (QED) is 0.625. The Bertz CT molecular complexity index is 760. The first-order valence-electron chi connectivity index (χ1n) is 8.32. The molecule has 6 heteroatoms. The van der Waals surface area contributed by atoms with Crippen molar-refractivity contribution in [3.8, 4) is 11.5 Å². The maximum atomic E-state index is 12.5. The summed E-state index contributed by atoms with van der Waals surface area (Å²) in [4.78, 5) is 25.0. The summed E-state index contributed by atoms with van der Waals surface area (Å²) < 4.78 is 0. The molecule has 0 bridgehead atoms. The fourth-order valence-electron chi connectivity index (χ4n) is 3.55. The van der Waals surface area contributed by atoms with Crippen molar-refractivity contribution < 1.29 is 30.0 Å². The Labute approximate surface area is 144 Å². The van der Waals surface area contributed by atoms with Crippen LogP contribution in [-0.4, -0.2) is 32.0 Å². The van der Waals surface area contributed by atoms with Crippen LogP contribution in [0.1, 0.15) is 50.0 Å². The molecule has 132 valence electrons. The second-order valence-electron chi connectivity index (χ2n) is 6.46. The Morgan fingerprint density at radius 3 is 1.68 bits per heavy atom. The van der Waals surface area contributed by atoms with Gasteiger partial charge in [0.2, 0.25) is 0 Å². The number of Topliss-reactive ketones (excluding diaryl/α,β-unsaturated/α-hetero) is 2. The van der Waals surface area contributed by atoms with Crippen LogP contribution in [0, 0.1) is 0 Å². The summed E-state index contributed by atoms with van der Waals surface area (Å²) in [6, 6.07) is 3.99. The first kappa shape index (κ1) is 17.1. The highest BCUT2D eigenvalue weighted by molar-refractivity contribution is 6.05. The fraction of sp³-hybridized carbons (Fsp3) is 0.368. The van der Waals surface area contributed by atoms with E-state index in [-0.39, 0.29) is 52.8 Å². The van der Waals surface area contributed by atoms with Gasteiger partial charge in [-0.1, -0.05) is 6.07 Å². The Balaban J connectivity index is 2.23. The fourth-order valence-corrected chi connectivity index (χ4v) is 3.55. The molecule has 3 rings (SSSR count). The van der Waals surface area contributed by atoms with E-state index in [2.05, 4.69) is 0 Å². The molecular formula is C19H20O6. The number of phenolic OH excluding ortho intramolecular Hbond substituents is 2. The number of phenols is 2. The molecule has 0 amide bonds. The van der Waals surface area contributed by atoms with Gasteiger partial charge in [-0.05, 0) is 30.5 Å². The molecule has 2 aliphatic carbocycles. The van der Waals surface area contributed by atoms with Crippen LogP contribution < -0.4 is 0 Å². The Morgan fingerprint density at radius 2 is 1.24 bits per heavy atom. The molecule has 6 nitrogen and oxygen atoms in total. The number of carbonyl (C=O) groups excluding carboxylic acids is 2. The van der Waals surface area contributed by atoms with Gasteiger partial charge >= 0.3 is 0 Å². The zero-order valence-electron chi connectivity index (χ0n) is 13.7. The van der Waals surface area contributed by atoms with Gasteiger partial charge in [-0.25, -0.2) is 0 Å². The molecule has 0 aromatic heterocycles. The molecule has 0 saturated carbocycles. The lowest BCUT2D eigenvalue weighted by Gasteiger charge is -2.28. The average molecular weight is 344 g/mol. The van der Waals surface area contributed by atoms with Crippen molar-refractivity contribution in [2.75, 3.05) is 0 Å². The van der Waals surface area contributed by atoms with E-state index < -0.39 is 11.7 Å². The molecule has 0 heterocycles. The Hall–Kier alpha value is -2.76. The highest BCUT2D eigenvalue weighted by Crippen LogP contribution is 2.43. The van der Waals surface area contributed by atoms with E-state index in [1.165, 1.54) is 18.2 Å². The van der Waals surface area contributed by atoms with Gasteiger partial charge in [0, 0.05) is 42.7 Å². The number of aliphatic hydroxyl groups is 2. The normalized spacial score (nSPS) is 19.1. The van der Waals surface area contributed by atoms with E-state index in [0.29, 0.717) is 31.2 Å². The van der Waals surface area contributed by atoms with Crippen LogP contribution in [0.2, 0.25) is 0 Å². The highest BCUT2D eigenvalue weighted by atomic mass is 16.3. The Morgan fingerprint density at radius 1 is 0.720 bits per heavy atom. The average Bonchev–Trinajstić information content (AvgIpc) is 2.55. The van der Waals surface area contributed by atoms with Crippen molar-refractivity contribution in [1.29, 1.82) is 0 Å². The third kappa shape index (κ3) is 3.12. The molecule has 1 aromatic carbocycles. The summed E-state index contributed by atoms with van der Waals surface area (Å²) >= 11 is 0. The van der Waals surface area contributed by atoms with Crippen molar-refractivity contribution in [1.82, 2.24) is 0 Å². The predicted molar refractivity (Wildman–Crippen MR) is 89.5 cm³/mol. The molecule has 0 atom stereocenters. The summed E-state index contributed by atoms with van der Waals surface area (Å²) in [6.45, 7) is 0. The summed E-state index contributed by atoms with van der Waals surface area (Å²) in [5.41, 5.74) is 0.546. The van der Waals surface area contributed by atoms with Crippen LogP contribution in [-0.2, 0) is 9.59 Å². The molecule has 0 fully saturated rings. The summed E-state index contributed by atoms with van der Waals surface area (Å²) in [7, 11) is 0. The lowest BCUT2D eigenvalue weighted by molar-refractivity contribution is -0.117. The number of ketones is 2. The maximum absolute atomic E-state index is 12.5. The van der Waals surface area contributed by atoms with Crippen molar-refractivity contribution in [2.45, 2.75) is 44.4 Å². The molecule has 2 aliphatic rings. The van der Waals surface area contributed by atoms with Crippen molar-refractivity contribution in [3.63, 3.8) is 0 Å². The first-order valence-corrected chi connectivity index (χ1v) is 8.32. The molecule has 0 radical (unpaired) electrons. The van der Waals surface area contributed by atoms with E-state index in [1.807, 2.05) is 0 Å². The molecule has 0 saturated heterocycles. The maximum Gasteiger partial charge on any atom is 0.163 e. The van der Waals surface area contributed by atoms with E-state index in [0.717, 1.165) is 0 Å². The van der Waals surface area contributed by atoms with Gasteiger partial charge in [0.05, 0.1) is 11.5 Å². The van der Waals surface area contributed by atoms with E-state index in [4.69, 9.17) is 0 Å². The molecule has 0 spiro atoms. The zero-order chi connectivity index (χ0) is 18.1. The molecule has 4 N–H and O–H groups in total. The zero-order valence-corrected chi connectivity index (χ0v) is 13.7. The number of aliphatic hydroxyl groups excluding tert-OH is 2. The van der Waals surface area contributed by atoms with Crippen molar-refractivity contribution in [3.05, 3.63) is 46.4 Å². The number of carbonyl (C=O) groups is 2. The van der Waals surface area contributed by atoms with Gasteiger partial charge in [-0.3, -0.25) is 9.59 Å². The molecule has 0 aliphatic heterocycles. The van der Waals surface area contributed by atoms with E-state index in [1.54, 1.807) is 0 Å². The molecule has 1 aromatic rings. The number of hydrogen-bond donors (Lipinski definition) is 4. The SMILES string of the molecule is O=C1CCCC(O)=C1C(C1=C(O)CCCC1=O)c1ccc(O)c(O)c1. The lowest BCUT2D eigenvalue weighted by Crippen LogP contribution is -2.25. The van der Waals surface area contributed by atoms with Crippen LogP contribution >= 0.6 is 0 Å². The second-order valence-corrected chi connectivity index (χ2v) is 6.46. The van der Waals surface area contributed by atoms with Gasteiger partial charge in [-0.2, -0.15) is 0 Å². The number of benzene rings is 1. The van der Waals surface area contributed by atoms with Gasteiger partial charge < -0.3 is 20.4 Å².